The van der Waals surface area contributed by atoms with Crippen LogP contribution >= 0.6 is 11.6 Å². The number of aromatic nitrogens is 3. The Morgan fingerprint density at radius 1 is 1.14 bits per heavy atom. The Labute approximate surface area is 130 Å². The number of fused-ring (bicyclic) bond motifs is 3. The molecule has 0 radical (unpaired) electrons. The third-order valence-electron chi connectivity index (χ3n) is 3.62. The maximum absolute atomic E-state index is 12.6. The van der Waals surface area contributed by atoms with Gasteiger partial charge in [0.15, 0.2) is 0 Å². The summed E-state index contributed by atoms with van der Waals surface area (Å²) in [6, 6.07) is 12.5. The van der Waals surface area contributed by atoms with E-state index in [2.05, 4.69) is 10.1 Å². The highest BCUT2D eigenvalue weighted by molar-refractivity contribution is 6.30. The van der Waals surface area contributed by atoms with E-state index in [1.165, 1.54) is 4.68 Å². The van der Waals surface area contributed by atoms with E-state index in [1.807, 2.05) is 12.1 Å². The number of nitrogens with zero attached hydrogens (tertiary/aromatic N) is 2. The first-order chi connectivity index (χ1) is 10.6. The summed E-state index contributed by atoms with van der Waals surface area (Å²) in [5.41, 5.74) is 8.98. The van der Waals surface area contributed by atoms with Gasteiger partial charge in [-0.15, -0.1) is 0 Å². The average Bonchev–Trinajstić information content (AvgIpc) is 2.86. The summed E-state index contributed by atoms with van der Waals surface area (Å²) in [4.78, 5) is 15.7. The number of nitrogen functional groups attached to an aromatic ring is 1. The summed E-state index contributed by atoms with van der Waals surface area (Å²) in [5.74, 6) is 0. The lowest BCUT2D eigenvalue weighted by molar-refractivity contribution is 0.859. The molecule has 108 valence electrons. The normalized spacial score (nSPS) is 11.3. The zero-order chi connectivity index (χ0) is 15.3. The smallest absolute Gasteiger partial charge is 0.282 e. The first-order valence-corrected chi connectivity index (χ1v) is 7.07. The SMILES string of the molecule is Nc1ccc2[nH]cc3c(=O)n(-c4ccc(Cl)cc4)nc-3c2c1. The molecule has 6 heteroatoms. The number of H-pyrrole nitrogens is 1. The first kappa shape index (κ1) is 12.9. The Hall–Kier alpha value is -2.79. The van der Waals surface area contributed by atoms with Crippen molar-refractivity contribution >= 4 is 28.2 Å². The van der Waals surface area contributed by atoms with Crippen LogP contribution in [0.5, 0.6) is 0 Å². The van der Waals surface area contributed by atoms with Crippen LogP contribution in [0.2, 0.25) is 5.02 Å². The molecule has 0 atom stereocenters. The first-order valence-electron chi connectivity index (χ1n) is 6.69. The second-order valence-electron chi connectivity index (χ2n) is 5.05. The number of hydrogen-bond donors (Lipinski definition) is 2. The number of nitrogens with two attached hydrogens (primary N) is 1. The van der Waals surface area contributed by atoms with Gasteiger partial charge in [-0.25, -0.2) is 0 Å². The summed E-state index contributed by atoms with van der Waals surface area (Å²) in [7, 11) is 0. The lowest BCUT2D eigenvalue weighted by Crippen LogP contribution is -2.14. The van der Waals surface area contributed by atoms with E-state index in [9.17, 15) is 4.79 Å². The quantitative estimate of drug-likeness (QED) is 0.530. The van der Waals surface area contributed by atoms with Gasteiger partial charge in [0.2, 0.25) is 0 Å². The van der Waals surface area contributed by atoms with Gasteiger partial charge in [0, 0.05) is 27.8 Å². The highest BCUT2D eigenvalue weighted by Crippen LogP contribution is 2.27. The molecular formula is C16H11ClN4O. The lowest BCUT2D eigenvalue weighted by Gasteiger charge is -2.03. The number of aromatic amines is 1. The maximum Gasteiger partial charge on any atom is 0.282 e. The summed E-state index contributed by atoms with van der Waals surface area (Å²) in [5, 5.41) is 5.90. The molecule has 0 amide bonds. The van der Waals surface area contributed by atoms with Crippen LogP contribution in [-0.2, 0) is 0 Å². The molecule has 0 bridgehead atoms. The van der Waals surface area contributed by atoms with E-state index >= 15 is 0 Å². The van der Waals surface area contributed by atoms with Crippen LogP contribution in [0.1, 0.15) is 0 Å². The molecule has 2 aromatic rings. The van der Waals surface area contributed by atoms with Gasteiger partial charge in [-0.1, -0.05) is 11.6 Å². The highest BCUT2D eigenvalue weighted by Gasteiger charge is 2.18. The van der Waals surface area contributed by atoms with Gasteiger partial charge in [-0.2, -0.15) is 9.78 Å². The second kappa shape index (κ2) is 4.61. The zero-order valence-electron chi connectivity index (χ0n) is 11.4. The van der Waals surface area contributed by atoms with E-state index in [0.29, 0.717) is 27.7 Å². The minimum absolute atomic E-state index is 0.183. The third-order valence-corrected chi connectivity index (χ3v) is 3.87. The van der Waals surface area contributed by atoms with Crippen molar-refractivity contribution in [1.29, 1.82) is 0 Å². The molecule has 0 fully saturated rings. The summed E-state index contributed by atoms with van der Waals surface area (Å²) in [6.45, 7) is 0. The molecule has 0 aromatic heterocycles. The Bertz CT molecular complexity index is 1020. The minimum atomic E-state index is -0.183. The highest BCUT2D eigenvalue weighted by atomic mass is 35.5. The van der Waals surface area contributed by atoms with Crippen molar-refractivity contribution in [1.82, 2.24) is 14.8 Å². The van der Waals surface area contributed by atoms with Gasteiger partial charge >= 0.3 is 0 Å². The Kier molecular flexibility index (Phi) is 2.71. The zero-order valence-corrected chi connectivity index (χ0v) is 12.1. The van der Waals surface area contributed by atoms with Crippen molar-refractivity contribution in [2.45, 2.75) is 0 Å². The van der Waals surface area contributed by atoms with Crippen LogP contribution in [0, 0.1) is 0 Å². The van der Waals surface area contributed by atoms with E-state index in [4.69, 9.17) is 17.3 Å². The second-order valence-corrected chi connectivity index (χ2v) is 5.49. The maximum atomic E-state index is 12.6. The Balaban J connectivity index is 2.05. The third kappa shape index (κ3) is 1.87. The predicted octanol–water partition coefficient (Wildman–Crippen LogP) is 3.05. The predicted molar refractivity (Wildman–Crippen MR) is 87.7 cm³/mol. The van der Waals surface area contributed by atoms with Gasteiger partial charge in [0.25, 0.3) is 5.56 Å². The molecule has 2 aliphatic heterocycles. The number of anilines is 1. The van der Waals surface area contributed by atoms with Crippen LogP contribution in [0.15, 0.2) is 53.5 Å². The molecule has 0 saturated carbocycles. The van der Waals surface area contributed by atoms with E-state index in [0.717, 1.165) is 10.9 Å². The van der Waals surface area contributed by atoms with Crippen molar-refractivity contribution in [3.05, 3.63) is 64.0 Å². The number of pyridine rings is 1. The number of rotatable bonds is 1. The number of nitrogens with one attached hydrogen (secondary N) is 1. The van der Waals surface area contributed by atoms with Gasteiger partial charge in [0.05, 0.1) is 11.3 Å². The van der Waals surface area contributed by atoms with Gasteiger partial charge < -0.3 is 10.7 Å². The van der Waals surface area contributed by atoms with Crippen LogP contribution < -0.4 is 11.3 Å². The van der Waals surface area contributed by atoms with E-state index < -0.39 is 0 Å². The van der Waals surface area contributed by atoms with Gasteiger partial charge in [0.1, 0.15) is 5.69 Å². The van der Waals surface area contributed by atoms with E-state index in [1.54, 1.807) is 36.5 Å². The van der Waals surface area contributed by atoms with Crippen molar-refractivity contribution in [3.63, 3.8) is 0 Å². The molecular weight excluding hydrogens is 300 g/mol. The monoisotopic (exact) mass is 310 g/mol. The van der Waals surface area contributed by atoms with E-state index in [-0.39, 0.29) is 5.56 Å². The van der Waals surface area contributed by atoms with Gasteiger partial charge in [-0.05, 0) is 42.5 Å². The van der Waals surface area contributed by atoms with Crippen LogP contribution in [-0.4, -0.2) is 14.8 Å². The summed E-state index contributed by atoms with van der Waals surface area (Å²) < 4.78 is 1.37. The molecule has 2 aliphatic rings. The molecule has 0 aliphatic carbocycles. The van der Waals surface area contributed by atoms with Gasteiger partial charge in [-0.3, -0.25) is 4.79 Å². The Morgan fingerprint density at radius 3 is 2.68 bits per heavy atom. The fourth-order valence-electron chi connectivity index (χ4n) is 2.53. The topological polar surface area (TPSA) is 76.7 Å². The Morgan fingerprint density at radius 2 is 1.91 bits per heavy atom. The molecule has 0 spiro atoms. The molecule has 4 rings (SSSR count). The minimum Gasteiger partial charge on any atom is -0.399 e. The van der Waals surface area contributed by atoms with Crippen molar-refractivity contribution < 1.29 is 0 Å². The summed E-state index contributed by atoms with van der Waals surface area (Å²) >= 11 is 5.89. The fourth-order valence-corrected chi connectivity index (χ4v) is 2.66. The molecule has 2 heterocycles. The van der Waals surface area contributed by atoms with Crippen LogP contribution in [0.4, 0.5) is 5.69 Å². The molecule has 3 N–H and O–H groups in total. The van der Waals surface area contributed by atoms with Crippen LogP contribution in [0.25, 0.3) is 27.8 Å². The molecule has 5 nitrogen and oxygen atoms in total. The standard InChI is InChI=1S/C16H11ClN4O/c17-9-1-4-11(5-2-9)21-16(22)13-8-19-14-6-3-10(18)7-12(14)15(13)20-21/h1-8,19H,18H2. The lowest BCUT2D eigenvalue weighted by atomic mass is 10.1. The molecule has 0 unspecified atom stereocenters. The summed E-state index contributed by atoms with van der Waals surface area (Å²) in [6.07, 6.45) is 1.68. The fraction of sp³-hybridized carbons (Fsp3) is 0. The van der Waals surface area contributed by atoms with Crippen LogP contribution in [0.3, 0.4) is 0 Å². The van der Waals surface area contributed by atoms with Crippen molar-refractivity contribution in [2.24, 2.45) is 0 Å². The average molecular weight is 311 g/mol. The largest absolute Gasteiger partial charge is 0.399 e. The number of benzene rings is 2. The molecule has 22 heavy (non-hydrogen) atoms. The van der Waals surface area contributed by atoms with Crippen molar-refractivity contribution in [2.75, 3.05) is 5.73 Å². The number of halogens is 1. The van der Waals surface area contributed by atoms with Crippen molar-refractivity contribution in [3.8, 4) is 16.9 Å². The molecule has 0 saturated heterocycles. The molecule has 2 aromatic carbocycles. The number of hydrogen-bond acceptors (Lipinski definition) is 3.